The molecule has 0 saturated carbocycles. The number of aliphatic carboxylic acids is 1. The molecule has 1 aliphatic carbocycles. The maximum atomic E-state index is 10.7. The Hall–Kier alpha value is -2.10. The Labute approximate surface area is 97.9 Å². The van der Waals surface area contributed by atoms with E-state index in [0.29, 0.717) is 5.69 Å². The lowest BCUT2D eigenvalue weighted by atomic mass is 9.89. The Kier molecular flexibility index (Phi) is 2.21. The van der Waals surface area contributed by atoms with Gasteiger partial charge in [0.2, 0.25) is 0 Å². The van der Waals surface area contributed by atoms with Crippen molar-refractivity contribution in [2.24, 2.45) is 0 Å². The summed E-state index contributed by atoms with van der Waals surface area (Å²) in [6.07, 6.45) is 1.65. The zero-order valence-corrected chi connectivity index (χ0v) is 9.14. The van der Waals surface area contributed by atoms with Crippen LogP contribution in [0.15, 0.2) is 28.8 Å². The van der Waals surface area contributed by atoms with E-state index in [2.05, 4.69) is 11.2 Å². The molecule has 0 aliphatic heterocycles. The second-order valence-corrected chi connectivity index (χ2v) is 4.16. The van der Waals surface area contributed by atoms with Crippen molar-refractivity contribution in [3.8, 4) is 11.3 Å². The van der Waals surface area contributed by atoms with Crippen LogP contribution in [0.2, 0.25) is 0 Å². The average molecular weight is 229 g/mol. The Morgan fingerprint density at radius 3 is 3.00 bits per heavy atom. The van der Waals surface area contributed by atoms with Crippen molar-refractivity contribution < 1.29 is 14.4 Å². The number of rotatable bonds is 2. The molecule has 1 heterocycles. The van der Waals surface area contributed by atoms with Crippen molar-refractivity contribution >= 4 is 5.97 Å². The van der Waals surface area contributed by atoms with E-state index in [9.17, 15) is 4.79 Å². The quantitative estimate of drug-likeness (QED) is 0.856. The molecule has 0 saturated heterocycles. The molecule has 0 atom stereocenters. The Bertz CT molecular complexity index is 586. The molecule has 86 valence electrons. The maximum absolute atomic E-state index is 10.7. The van der Waals surface area contributed by atoms with Gasteiger partial charge in [-0.3, -0.25) is 4.79 Å². The second kappa shape index (κ2) is 3.73. The number of nitrogens with zero attached hydrogens (tertiary/aromatic N) is 1. The van der Waals surface area contributed by atoms with Crippen molar-refractivity contribution in [1.82, 2.24) is 5.16 Å². The summed E-state index contributed by atoms with van der Waals surface area (Å²) in [7, 11) is 0. The van der Waals surface area contributed by atoms with Gasteiger partial charge in [-0.25, -0.2) is 0 Å². The van der Waals surface area contributed by atoms with Gasteiger partial charge in [0.1, 0.15) is 0 Å². The van der Waals surface area contributed by atoms with Crippen LogP contribution in [0, 0.1) is 0 Å². The standard InChI is InChI=1S/C13H11NO3/c15-12(16)7-11-10-6-5-8-3-1-2-4-9(8)13(10)17-14-11/h1-4H,5-7H2,(H,15,16). The second-order valence-electron chi connectivity index (χ2n) is 4.16. The molecule has 1 aromatic carbocycles. The molecule has 4 heteroatoms. The lowest BCUT2D eigenvalue weighted by molar-refractivity contribution is -0.136. The zero-order valence-electron chi connectivity index (χ0n) is 9.14. The monoisotopic (exact) mass is 229 g/mol. The van der Waals surface area contributed by atoms with Crippen molar-refractivity contribution in [1.29, 1.82) is 0 Å². The maximum Gasteiger partial charge on any atom is 0.309 e. The molecule has 0 unspecified atom stereocenters. The van der Waals surface area contributed by atoms with Crippen molar-refractivity contribution in [3.63, 3.8) is 0 Å². The number of hydrogen-bond donors (Lipinski definition) is 1. The van der Waals surface area contributed by atoms with Crippen molar-refractivity contribution in [2.75, 3.05) is 0 Å². The third-order valence-corrected chi connectivity index (χ3v) is 3.09. The van der Waals surface area contributed by atoms with Crippen LogP contribution in [0.5, 0.6) is 0 Å². The van der Waals surface area contributed by atoms with E-state index in [1.807, 2.05) is 18.2 Å². The minimum atomic E-state index is -0.875. The predicted octanol–water partition coefficient (Wildman–Crippen LogP) is 2.07. The summed E-state index contributed by atoms with van der Waals surface area (Å²) in [4.78, 5) is 10.7. The molecule has 17 heavy (non-hydrogen) atoms. The van der Waals surface area contributed by atoms with Gasteiger partial charge < -0.3 is 9.63 Å². The van der Waals surface area contributed by atoms with Gasteiger partial charge in [-0.05, 0) is 18.4 Å². The molecule has 1 aromatic heterocycles. The van der Waals surface area contributed by atoms with Crippen LogP contribution in [0.1, 0.15) is 16.8 Å². The van der Waals surface area contributed by atoms with Gasteiger partial charge in [-0.1, -0.05) is 29.4 Å². The Balaban J connectivity index is 2.09. The number of benzene rings is 1. The molecule has 0 fully saturated rings. The Morgan fingerprint density at radius 2 is 2.18 bits per heavy atom. The van der Waals surface area contributed by atoms with E-state index < -0.39 is 5.97 Å². The summed E-state index contributed by atoms with van der Waals surface area (Å²) < 4.78 is 5.30. The molecule has 4 nitrogen and oxygen atoms in total. The number of carboxylic acids is 1. The molecule has 0 spiro atoms. The molecule has 0 amide bonds. The first-order chi connectivity index (χ1) is 8.25. The van der Waals surface area contributed by atoms with Gasteiger partial charge in [0.15, 0.2) is 5.76 Å². The fraction of sp³-hybridized carbons (Fsp3) is 0.231. The summed E-state index contributed by atoms with van der Waals surface area (Å²) in [5.74, 6) is -0.136. The highest BCUT2D eigenvalue weighted by Gasteiger charge is 2.24. The molecular formula is C13H11NO3. The number of carbonyl (C=O) groups is 1. The van der Waals surface area contributed by atoms with E-state index in [1.54, 1.807) is 0 Å². The fourth-order valence-electron chi connectivity index (χ4n) is 2.31. The van der Waals surface area contributed by atoms with Crippen LogP contribution >= 0.6 is 0 Å². The highest BCUT2D eigenvalue weighted by atomic mass is 16.5. The first kappa shape index (κ1) is 10.1. The van der Waals surface area contributed by atoms with Crippen LogP contribution in [-0.2, 0) is 24.1 Å². The highest BCUT2D eigenvalue weighted by molar-refractivity contribution is 5.73. The molecular weight excluding hydrogens is 218 g/mol. The van der Waals surface area contributed by atoms with Gasteiger partial charge in [0, 0.05) is 11.1 Å². The average Bonchev–Trinajstić information content (AvgIpc) is 2.72. The number of aromatic nitrogens is 1. The van der Waals surface area contributed by atoms with E-state index in [0.717, 1.165) is 29.7 Å². The molecule has 0 radical (unpaired) electrons. The lowest BCUT2D eigenvalue weighted by Gasteiger charge is -2.13. The third kappa shape index (κ3) is 1.62. The third-order valence-electron chi connectivity index (χ3n) is 3.09. The van der Waals surface area contributed by atoms with Crippen molar-refractivity contribution in [3.05, 3.63) is 41.1 Å². The van der Waals surface area contributed by atoms with Crippen LogP contribution < -0.4 is 0 Å². The minimum absolute atomic E-state index is 0.0685. The summed E-state index contributed by atoms with van der Waals surface area (Å²) in [5.41, 5.74) is 3.78. The van der Waals surface area contributed by atoms with E-state index in [4.69, 9.17) is 9.63 Å². The van der Waals surface area contributed by atoms with Crippen LogP contribution in [0.4, 0.5) is 0 Å². The molecule has 2 aromatic rings. The summed E-state index contributed by atoms with van der Waals surface area (Å²) in [5, 5.41) is 12.7. The highest BCUT2D eigenvalue weighted by Crippen LogP contribution is 2.35. The first-order valence-corrected chi connectivity index (χ1v) is 5.53. The number of fused-ring (bicyclic) bond motifs is 3. The number of hydrogen-bond acceptors (Lipinski definition) is 3. The predicted molar refractivity (Wildman–Crippen MR) is 60.7 cm³/mol. The summed E-state index contributed by atoms with van der Waals surface area (Å²) in [6, 6.07) is 8.01. The topological polar surface area (TPSA) is 63.3 Å². The molecule has 0 bridgehead atoms. The fourth-order valence-corrected chi connectivity index (χ4v) is 2.31. The largest absolute Gasteiger partial charge is 0.481 e. The number of carboxylic acid groups (broad SMARTS) is 1. The van der Waals surface area contributed by atoms with Gasteiger partial charge in [-0.15, -0.1) is 0 Å². The van der Waals surface area contributed by atoms with Gasteiger partial charge in [0.05, 0.1) is 12.1 Å². The Morgan fingerprint density at radius 1 is 1.35 bits per heavy atom. The van der Waals surface area contributed by atoms with Crippen molar-refractivity contribution in [2.45, 2.75) is 19.3 Å². The van der Waals surface area contributed by atoms with E-state index in [-0.39, 0.29) is 6.42 Å². The van der Waals surface area contributed by atoms with E-state index in [1.165, 1.54) is 5.56 Å². The molecule has 1 N–H and O–H groups in total. The normalized spacial score (nSPS) is 12.9. The SMILES string of the molecule is O=C(O)Cc1noc2c1CCc1ccccc1-2. The molecule has 3 rings (SSSR count). The van der Waals surface area contributed by atoms with Crippen LogP contribution in [0.25, 0.3) is 11.3 Å². The zero-order chi connectivity index (χ0) is 11.8. The van der Waals surface area contributed by atoms with E-state index >= 15 is 0 Å². The summed E-state index contributed by atoms with van der Waals surface area (Å²) >= 11 is 0. The smallest absolute Gasteiger partial charge is 0.309 e. The lowest BCUT2D eigenvalue weighted by Crippen LogP contribution is -2.07. The van der Waals surface area contributed by atoms with Gasteiger partial charge >= 0.3 is 5.97 Å². The minimum Gasteiger partial charge on any atom is -0.481 e. The first-order valence-electron chi connectivity index (χ1n) is 5.53. The number of aryl methyl sites for hydroxylation is 1. The molecule has 1 aliphatic rings. The van der Waals surface area contributed by atoms with Crippen LogP contribution in [-0.4, -0.2) is 16.2 Å². The van der Waals surface area contributed by atoms with Gasteiger partial charge in [0.25, 0.3) is 0 Å². The van der Waals surface area contributed by atoms with Crippen LogP contribution in [0.3, 0.4) is 0 Å². The van der Waals surface area contributed by atoms with Gasteiger partial charge in [-0.2, -0.15) is 0 Å². The summed E-state index contributed by atoms with van der Waals surface area (Å²) in [6.45, 7) is 0.